The maximum Gasteiger partial charge on any atom is 0.321 e. The molecule has 0 unspecified atom stereocenters. The number of nitrogens with zero attached hydrogens (tertiary/aromatic N) is 2. The van der Waals surface area contributed by atoms with E-state index < -0.39 is 0 Å². The molecule has 0 saturated heterocycles. The summed E-state index contributed by atoms with van der Waals surface area (Å²) in [4.78, 5) is 21.3. The summed E-state index contributed by atoms with van der Waals surface area (Å²) < 4.78 is 3.30. The summed E-state index contributed by atoms with van der Waals surface area (Å²) in [5.41, 5.74) is 1.91. The van der Waals surface area contributed by atoms with Crippen LogP contribution in [-0.2, 0) is 0 Å². The molecular weight excluding hydrogens is 360 g/mol. The first-order valence-corrected chi connectivity index (χ1v) is 10.9. The van der Waals surface area contributed by atoms with Crippen molar-refractivity contribution in [2.75, 3.05) is 11.6 Å². The zero-order chi connectivity index (χ0) is 16.5. The monoisotopic (exact) mass is 378 g/mol. The maximum absolute atomic E-state index is 12.2. The van der Waals surface area contributed by atoms with Gasteiger partial charge in [-0.25, -0.2) is 14.8 Å². The number of carbonyl (C=O) groups is 1. The fourth-order valence-corrected chi connectivity index (χ4v) is 5.71. The van der Waals surface area contributed by atoms with Gasteiger partial charge < -0.3 is 5.32 Å². The quantitative estimate of drug-likeness (QED) is 0.624. The lowest BCUT2D eigenvalue weighted by atomic mass is 9.96. The van der Waals surface area contributed by atoms with Gasteiger partial charge in [0, 0.05) is 6.04 Å². The summed E-state index contributed by atoms with van der Waals surface area (Å²) in [6.07, 6.45) is 7.86. The molecule has 2 N–H and O–H groups in total. The molecule has 2 heterocycles. The van der Waals surface area contributed by atoms with Crippen molar-refractivity contribution in [3.63, 3.8) is 0 Å². The molecule has 3 aromatic rings. The van der Waals surface area contributed by atoms with Crippen LogP contribution in [0.3, 0.4) is 0 Å². The SMILES string of the molecule is CSc1nc2ccc3nc(NC(=O)NC4CCCCC4)sc3c2s1. The Kier molecular flexibility index (Phi) is 4.60. The van der Waals surface area contributed by atoms with Gasteiger partial charge in [0.2, 0.25) is 0 Å². The van der Waals surface area contributed by atoms with E-state index in [2.05, 4.69) is 20.6 Å². The highest BCUT2D eigenvalue weighted by Gasteiger charge is 2.17. The Labute approximate surface area is 152 Å². The van der Waals surface area contributed by atoms with E-state index >= 15 is 0 Å². The fourth-order valence-electron chi connectivity index (χ4n) is 3.06. The van der Waals surface area contributed by atoms with Crippen molar-refractivity contribution in [2.24, 2.45) is 0 Å². The van der Waals surface area contributed by atoms with Gasteiger partial charge in [0.1, 0.15) is 0 Å². The van der Waals surface area contributed by atoms with E-state index in [1.807, 2.05) is 18.4 Å². The minimum Gasteiger partial charge on any atom is -0.335 e. The van der Waals surface area contributed by atoms with Crippen LogP contribution >= 0.6 is 34.4 Å². The first-order chi connectivity index (χ1) is 11.7. The molecule has 0 bridgehead atoms. The molecule has 4 rings (SSSR count). The molecule has 8 heteroatoms. The number of thiazole rings is 2. The second kappa shape index (κ2) is 6.85. The maximum atomic E-state index is 12.2. The largest absolute Gasteiger partial charge is 0.335 e. The first-order valence-electron chi connectivity index (χ1n) is 8.04. The molecule has 2 amide bonds. The highest BCUT2D eigenvalue weighted by atomic mass is 32.2. The van der Waals surface area contributed by atoms with Crippen molar-refractivity contribution in [3.8, 4) is 0 Å². The lowest BCUT2D eigenvalue weighted by Gasteiger charge is -2.22. The molecule has 0 aliphatic heterocycles. The lowest BCUT2D eigenvalue weighted by molar-refractivity contribution is 0.244. The topological polar surface area (TPSA) is 66.9 Å². The molecule has 2 aromatic heterocycles. The summed E-state index contributed by atoms with van der Waals surface area (Å²) in [7, 11) is 0. The van der Waals surface area contributed by atoms with E-state index in [0.717, 1.165) is 37.6 Å². The number of anilines is 1. The van der Waals surface area contributed by atoms with Gasteiger partial charge in [-0.2, -0.15) is 0 Å². The van der Waals surface area contributed by atoms with E-state index in [1.165, 1.54) is 30.6 Å². The Morgan fingerprint density at radius 1 is 1.12 bits per heavy atom. The number of benzene rings is 1. The van der Waals surface area contributed by atoms with E-state index in [9.17, 15) is 4.79 Å². The van der Waals surface area contributed by atoms with Gasteiger partial charge in [-0.15, -0.1) is 11.3 Å². The van der Waals surface area contributed by atoms with E-state index in [0.29, 0.717) is 11.2 Å². The van der Waals surface area contributed by atoms with Crippen molar-refractivity contribution in [1.82, 2.24) is 15.3 Å². The summed E-state index contributed by atoms with van der Waals surface area (Å²) >= 11 is 4.85. The number of hydrogen-bond donors (Lipinski definition) is 2. The molecule has 1 saturated carbocycles. The standard InChI is InChI=1S/C16H18N4OS3/c1-22-16-19-11-8-7-10-12(13(11)24-16)23-15(18-10)20-14(21)17-9-5-3-2-4-6-9/h7-9H,2-6H2,1H3,(H2,17,18,20,21). The van der Waals surface area contributed by atoms with Crippen molar-refractivity contribution in [3.05, 3.63) is 12.1 Å². The third-order valence-corrected chi connectivity index (χ3v) is 7.44. The zero-order valence-electron chi connectivity index (χ0n) is 13.3. The average Bonchev–Trinajstić information content (AvgIpc) is 3.18. The number of rotatable bonds is 3. The molecule has 0 atom stereocenters. The third kappa shape index (κ3) is 3.22. The van der Waals surface area contributed by atoms with Crippen molar-refractivity contribution in [1.29, 1.82) is 0 Å². The summed E-state index contributed by atoms with van der Waals surface area (Å²) in [6, 6.07) is 4.12. The number of hydrogen-bond acceptors (Lipinski definition) is 6. The molecule has 1 fully saturated rings. The van der Waals surface area contributed by atoms with Crippen LogP contribution in [0.5, 0.6) is 0 Å². The van der Waals surface area contributed by atoms with Gasteiger partial charge in [0.25, 0.3) is 0 Å². The molecule has 1 aliphatic rings. The Bertz CT molecular complexity index is 882. The van der Waals surface area contributed by atoms with E-state index in [-0.39, 0.29) is 6.03 Å². The van der Waals surface area contributed by atoms with E-state index in [4.69, 9.17) is 0 Å². The molecule has 1 aliphatic carbocycles. The fraction of sp³-hybridized carbons (Fsp3) is 0.438. The number of fused-ring (bicyclic) bond motifs is 3. The van der Waals surface area contributed by atoms with Crippen molar-refractivity contribution in [2.45, 2.75) is 42.5 Å². The van der Waals surface area contributed by atoms with Crippen molar-refractivity contribution >= 4 is 66.0 Å². The minimum atomic E-state index is -0.147. The highest BCUT2D eigenvalue weighted by molar-refractivity contribution is 8.00. The van der Waals surface area contributed by atoms with Crippen LogP contribution < -0.4 is 10.6 Å². The van der Waals surface area contributed by atoms with Crippen LogP contribution in [0.4, 0.5) is 9.93 Å². The Balaban J connectivity index is 1.54. The van der Waals surface area contributed by atoms with Crippen LogP contribution in [0.15, 0.2) is 16.5 Å². The molecule has 0 spiro atoms. The van der Waals surface area contributed by atoms with Gasteiger partial charge in [0.15, 0.2) is 9.47 Å². The van der Waals surface area contributed by atoms with Gasteiger partial charge in [0.05, 0.1) is 20.4 Å². The first kappa shape index (κ1) is 16.1. The average molecular weight is 379 g/mol. The second-order valence-electron chi connectivity index (χ2n) is 5.90. The Morgan fingerprint density at radius 2 is 1.83 bits per heavy atom. The molecule has 0 radical (unpaired) electrons. The Morgan fingerprint density at radius 3 is 2.58 bits per heavy atom. The van der Waals surface area contributed by atoms with Crippen molar-refractivity contribution < 1.29 is 4.79 Å². The molecular formula is C16H18N4OS3. The molecule has 5 nitrogen and oxygen atoms in total. The number of carbonyl (C=O) groups excluding carboxylic acids is 1. The van der Waals surface area contributed by atoms with Gasteiger partial charge in [-0.05, 0) is 31.2 Å². The molecule has 1 aromatic carbocycles. The van der Waals surface area contributed by atoms with Crippen LogP contribution in [0.2, 0.25) is 0 Å². The normalized spacial score (nSPS) is 15.9. The van der Waals surface area contributed by atoms with Gasteiger partial charge in [-0.3, -0.25) is 5.32 Å². The van der Waals surface area contributed by atoms with Gasteiger partial charge in [-0.1, -0.05) is 42.4 Å². The van der Waals surface area contributed by atoms with Gasteiger partial charge >= 0.3 is 6.03 Å². The van der Waals surface area contributed by atoms with Crippen LogP contribution in [0.25, 0.3) is 20.4 Å². The summed E-state index contributed by atoms with van der Waals surface area (Å²) in [5.74, 6) is 0. The van der Waals surface area contributed by atoms with Crippen LogP contribution in [0, 0.1) is 0 Å². The number of nitrogens with one attached hydrogen (secondary N) is 2. The Hall–Kier alpha value is -1.38. The molecule has 126 valence electrons. The number of amides is 2. The predicted octanol–water partition coefficient (Wildman–Crippen LogP) is 5.08. The number of aromatic nitrogens is 2. The number of thioether (sulfide) groups is 1. The van der Waals surface area contributed by atoms with Crippen LogP contribution in [-0.4, -0.2) is 28.3 Å². The smallest absolute Gasteiger partial charge is 0.321 e. The summed E-state index contributed by atoms with van der Waals surface area (Å²) in [6.45, 7) is 0. The van der Waals surface area contributed by atoms with Crippen LogP contribution in [0.1, 0.15) is 32.1 Å². The van der Waals surface area contributed by atoms with E-state index in [1.54, 1.807) is 23.1 Å². The minimum absolute atomic E-state index is 0.147. The molecule has 24 heavy (non-hydrogen) atoms. The zero-order valence-corrected chi connectivity index (χ0v) is 15.7. The lowest BCUT2D eigenvalue weighted by Crippen LogP contribution is -2.38. The predicted molar refractivity (Wildman–Crippen MR) is 104 cm³/mol. The summed E-state index contributed by atoms with van der Waals surface area (Å²) in [5, 5.41) is 6.61. The number of urea groups is 1. The highest BCUT2D eigenvalue weighted by Crippen LogP contribution is 2.37. The second-order valence-corrected chi connectivity index (χ2v) is 8.95. The third-order valence-electron chi connectivity index (χ3n) is 4.23.